The average molecular weight is 582 g/mol. The van der Waals surface area contributed by atoms with E-state index in [9.17, 15) is 0 Å². The molecule has 0 bridgehead atoms. The number of thiophene rings is 1. The summed E-state index contributed by atoms with van der Waals surface area (Å²) < 4.78 is 4.91. The van der Waals surface area contributed by atoms with Gasteiger partial charge >= 0.3 is 0 Å². The van der Waals surface area contributed by atoms with Gasteiger partial charge in [0.2, 0.25) is 0 Å². The third-order valence-corrected chi connectivity index (χ3v) is 9.43. The highest BCUT2D eigenvalue weighted by molar-refractivity contribution is 7.26. The fourth-order valence-corrected chi connectivity index (χ4v) is 7.44. The first kappa shape index (κ1) is 24.8. The molecule has 0 aliphatic rings. The van der Waals surface area contributed by atoms with E-state index in [1.54, 1.807) is 12.4 Å². The van der Waals surface area contributed by atoms with Crippen LogP contribution in [0, 0.1) is 0 Å². The predicted octanol–water partition coefficient (Wildman–Crippen LogP) is 9.73. The van der Waals surface area contributed by atoms with Gasteiger partial charge in [0.25, 0.3) is 0 Å². The van der Waals surface area contributed by atoms with Crippen molar-refractivity contribution in [2.24, 2.45) is 0 Å². The number of nitrogens with zero attached hydrogens (tertiary/aromatic N) is 5. The molecule has 0 N–H and O–H groups in total. The van der Waals surface area contributed by atoms with E-state index < -0.39 is 0 Å². The first-order valence-electron chi connectivity index (χ1n) is 14.4. The van der Waals surface area contributed by atoms with Crippen molar-refractivity contribution in [2.45, 2.75) is 0 Å². The second kappa shape index (κ2) is 9.93. The van der Waals surface area contributed by atoms with Crippen LogP contribution in [0.2, 0.25) is 0 Å². The van der Waals surface area contributed by atoms with Crippen LogP contribution in [-0.4, -0.2) is 24.5 Å². The Morgan fingerprint density at radius 2 is 1.27 bits per heavy atom. The monoisotopic (exact) mass is 581 g/mol. The number of hydrogen-bond acceptors (Lipinski definition) is 5. The number of pyridine rings is 4. The quantitative estimate of drug-likeness (QED) is 0.208. The third-order valence-electron chi connectivity index (χ3n) is 8.23. The van der Waals surface area contributed by atoms with Gasteiger partial charge in [0, 0.05) is 73.4 Å². The van der Waals surface area contributed by atoms with E-state index in [4.69, 9.17) is 9.97 Å². The number of hydrogen-bond donors (Lipinski definition) is 0. The highest BCUT2D eigenvalue weighted by Gasteiger charge is 2.18. The van der Waals surface area contributed by atoms with Crippen molar-refractivity contribution in [3.63, 3.8) is 0 Å². The number of fused-ring (bicyclic) bond motifs is 7. The molecular weight excluding hydrogens is 559 g/mol. The summed E-state index contributed by atoms with van der Waals surface area (Å²) in [6, 6.07) is 38.3. The molecule has 9 aromatic rings. The summed E-state index contributed by atoms with van der Waals surface area (Å²) in [5.74, 6) is 0. The van der Waals surface area contributed by atoms with Crippen molar-refractivity contribution in [2.75, 3.05) is 0 Å². The first-order valence-corrected chi connectivity index (χ1v) is 15.3. The fraction of sp³-hybridized carbons (Fsp3) is 0. The molecule has 0 aliphatic heterocycles. The standard InChI is InChI=1S/C38H23N5S/c1-2-10-35-29(8-1)30-15-16-33-36(38(30)44-35)37-34(9-5-19-41-37)43(33)28-13-11-24(12-14-28)27-20-31(25-6-3-17-39-22-25)42-32(21-27)26-7-4-18-40-23-26/h1-23H. The van der Waals surface area contributed by atoms with Gasteiger partial charge in [0.1, 0.15) is 0 Å². The Kier molecular flexibility index (Phi) is 5.61. The minimum Gasteiger partial charge on any atom is -0.308 e. The molecule has 9 rings (SSSR count). The van der Waals surface area contributed by atoms with Crippen LogP contribution in [0.4, 0.5) is 0 Å². The lowest BCUT2D eigenvalue weighted by Gasteiger charge is -2.12. The van der Waals surface area contributed by atoms with E-state index in [0.717, 1.165) is 55.9 Å². The normalized spacial score (nSPS) is 11.6. The zero-order valence-electron chi connectivity index (χ0n) is 23.4. The van der Waals surface area contributed by atoms with Crippen LogP contribution >= 0.6 is 11.3 Å². The Hall–Kier alpha value is -5.72. The molecule has 0 saturated heterocycles. The number of rotatable bonds is 4. The minimum atomic E-state index is 0.874. The largest absolute Gasteiger partial charge is 0.308 e. The molecule has 44 heavy (non-hydrogen) atoms. The average Bonchev–Trinajstić information content (AvgIpc) is 3.65. The molecule has 0 spiro atoms. The van der Waals surface area contributed by atoms with Crippen LogP contribution in [0.1, 0.15) is 0 Å². The van der Waals surface area contributed by atoms with Crippen LogP contribution in [0.3, 0.4) is 0 Å². The van der Waals surface area contributed by atoms with Crippen molar-refractivity contribution >= 4 is 53.4 Å². The molecule has 0 atom stereocenters. The van der Waals surface area contributed by atoms with Gasteiger partial charge in [-0.05, 0) is 83.9 Å². The maximum Gasteiger partial charge on any atom is 0.0977 e. The molecule has 6 aromatic heterocycles. The fourth-order valence-electron chi connectivity index (χ4n) is 6.20. The SMILES string of the molecule is c1cncc(-c2cc(-c3ccc(-n4c5cccnc5c5c6sc7ccccc7c6ccc54)cc3)cc(-c3cccnc3)n2)c1. The second-order valence-corrected chi connectivity index (χ2v) is 11.8. The highest BCUT2D eigenvalue weighted by atomic mass is 32.1. The predicted molar refractivity (Wildman–Crippen MR) is 181 cm³/mol. The molecule has 0 aliphatic carbocycles. The molecule has 3 aromatic carbocycles. The van der Waals surface area contributed by atoms with Crippen molar-refractivity contribution in [3.05, 3.63) is 140 Å². The summed E-state index contributed by atoms with van der Waals surface area (Å²) in [6.07, 6.45) is 9.16. The van der Waals surface area contributed by atoms with Crippen LogP contribution in [-0.2, 0) is 0 Å². The number of benzene rings is 3. The van der Waals surface area contributed by atoms with Gasteiger partial charge in [-0.2, -0.15) is 0 Å². The van der Waals surface area contributed by atoms with E-state index in [1.165, 1.54) is 25.6 Å². The summed E-state index contributed by atoms with van der Waals surface area (Å²) in [7, 11) is 0. The van der Waals surface area contributed by atoms with E-state index in [0.29, 0.717) is 0 Å². The van der Waals surface area contributed by atoms with Gasteiger partial charge in [0.15, 0.2) is 0 Å². The molecule has 0 unspecified atom stereocenters. The summed E-state index contributed by atoms with van der Waals surface area (Å²) in [5, 5.41) is 3.79. The smallest absolute Gasteiger partial charge is 0.0977 e. The molecule has 0 radical (unpaired) electrons. The van der Waals surface area contributed by atoms with Gasteiger partial charge in [-0.1, -0.05) is 36.4 Å². The summed E-state index contributed by atoms with van der Waals surface area (Å²) >= 11 is 1.85. The van der Waals surface area contributed by atoms with E-state index in [1.807, 2.05) is 60.3 Å². The van der Waals surface area contributed by atoms with Crippen molar-refractivity contribution in [3.8, 4) is 39.3 Å². The molecule has 0 amide bonds. The maximum atomic E-state index is 4.98. The topological polar surface area (TPSA) is 56.5 Å². The van der Waals surface area contributed by atoms with Crippen LogP contribution in [0.5, 0.6) is 0 Å². The summed E-state index contributed by atoms with van der Waals surface area (Å²) in [5.41, 5.74) is 10.3. The molecule has 0 saturated carbocycles. The third kappa shape index (κ3) is 3.92. The Balaban J connectivity index is 1.21. The first-order chi connectivity index (χ1) is 21.8. The van der Waals surface area contributed by atoms with Gasteiger partial charge in [0.05, 0.1) is 27.9 Å². The molecule has 0 fully saturated rings. The lowest BCUT2D eigenvalue weighted by molar-refractivity contribution is 1.18. The number of aromatic nitrogens is 5. The zero-order chi connectivity index (χ0) is 29.0. The Morgan fingerprint density at radius 3 is 2.00 bits per heavy atom. The van der Waals surface area contributed by atoms with Crippen LogP contribution in [0.15, 0.2) is 140 Å². The van der Waals surface area contributed by atoms with Crippen molar-refractivity contribution < 1.29 is 0 Å². The van der Waals surface area contributed by atoms with E-state index >= 15 is 0 Å². The van der Waals surface area contributed by atoms with Gasteiger partial charge < -0.3 is 4.57 Å². The summed E-state index contributed by atoms with van der Waals surface area (Å²) in [6.45, 7) is 0. The Bertz CT molecular complexity index is 2420. The molecule has 6 heterocycles. The Labute approximate surface area is 256 Å². The molecule has 6 heteroatoms. The van der Waals surface area contributed by atoms with Gasteiger partial charge in [-0.15, -0.1) is 11.3 Å². The van der Waals surface area contributed by atoms with Crippen molar-refractivity contribution in [1.29, 1.82) is 0 Å². The molecular formula is C38H23N5S. The van der Waals surface area contributed by atoms with Crippen LogP contribution < -0.4 is 0 Å². The summed E-state index contributed by atoms with van der Waals surface area (Å²) in [4.78, 5) is 18.5. The molecule has 206 valence electrons. The second-order valence-electron chi connectivity index (χ2n) is 10.8. The van der Waals surface area contributed by atoms with Gasteiger partial charge in [-0.25, -0.2) is 4.98 Å². The molecule has 5 nitrogen and oxygen atoms in total. The van der Waals surface area contributed by atoms with Gasteiger partial charge in [-0.3, -0.25) is 15.0 Å². The Morgan fingerprint density at radius 1 is 0.545 bits per heavy atom. The van der Waals surface area contributed by atoms with E-state index in [-0.39, 0.29) is 0 Å². The van der Waals surface area contributed by atoms with Crippen molar-refractivity contribution in [1.82, 2.24) is 24.5 Å². The highest BCUT2D eigenvalue weighted by Crippen LogP contribution is 2.42. The maximum absolute atomic E-state index is 4.98. The minimum absolute atomic E-state index is 0.874. The zero-order valence-corrected chi connectivity index (χ0v) is 24.2. The lowest BCUT2D eigenvalue weighted by Crippen LogP contribution is -1.95. The van der Waals surface area contributed by atoms with E-state index in [2.05, 4.69) is 93.4 Å². The lowest BCUT2D eigenvalue weighted by atomic mass is 10.0. The van der Waals surface area contributed by atoms with Crippen LogP contribution in [0.25, 0.3) is 81.4 Å².